The van der Waals surface area contributed by atoms with Crippen molar-refractivity contribution in [2.24, 2.45) is 5.92 Å². The van der Waals surface area contributed by atoms with E-state index in [9.17, 15) is 24.0 Å². The number of rotatable bonds is 16. The Bertz CT molecular complexity index is 1300. The molecule has 0 bridgehead atoms. The summed E-state index contributed by atoms with van der Waals surface area (Å²) in [6.45, 7) is 4.47. The molecule has 2 saturated heterocycles. The van der Waals surface area contributed by atoms with E-state index in [0.717, 1.165) is 61.6 Å². The van der Waals surface area contributed by atoms with Gasteiger partial charge in [-0.15, -0.1) is 0 Å². The Kier molecular flexibility index (Phi) is 14.2. The molecule has 9 nitrogen and oxygen atoms in total. The number of alkyl carbamates (subject to hydrolysis) is 1. The van der Waals surface area contributed by atoms with Gasteiger partial charge >= 0.3 is 6.09 Å². The van der Waals surface area contributed by atoms with Gasteiger partial charge in [0, 0.05) is 37.8 Å². The molecular formula is C38H53N3O6. The summed E-state index contributed by atoms with van der Waals surface area (Å²) < 4.78 is 5.47. The lowest BCUT2D eigenvalue weighted by Gasteiger charge is -2.35. The van der Waals surface area contributed by atoms with Crippen LogP contribution in [0.3, 0.4) is 0 Å². The molecule has 256 valence electrons. The Labute approximate surface area is 279 Å². The molecule has 0 spiro atoms. The van der Waals surface area contributed by atoms with Crippen molar-refractivity contribution in [3.8, 4) is 0 Å². The van der Waals surface area contributed by atoms with Gasteiger partial charge in [-0.3, -0.25) is 19.2 Å². The molecule has 1 aliphatic carbocycles. The van der Waals surface area contributed by atoms with Crippen LogP contribution in [0.5, 0.6) is 0 Å². The predicted molar refractivity (Wildman–Crippen MR) is 182 cm³/mol. The number of fused-ring (bicyclic) bond motifs is 1. The first-order valence-electron chi connectivity index (χ1n) is 17.7. The standard InChI is InChI=1S/C38H53N3O6/c1-3-32(42)16-10-24-39-36(44)34-23-22-31-15-8-7-13-30(37(45)41(31)34)14-9-17-35(43)33(25-28-20-18-27(2)19-21-28)40-38(46)47-26-29-11-5-4-6-12-29/h4-5,11,18-21,30-31,33-34H,3,6-10,12-17,22-26H2,1-2H3,(H,39,44)(H,40,46). The minimum atomic E-state index is -0.734. The molecule has 2 aliphatic heterocycles. The summed E-state index contributed by atoms with van der Waals surface area (Å²) >= 11 is 0. The first kappa shape index (κ1) is 36.1. The molecule has 4 unspecified atom stereocenters. The van der Waals surface area contributed by atoms with E-state index >= 15 is 0 Å². The van der Waals surface area contributed by atoms with Crippen molar-refractivity contribution in [2.45, 2.75) is 128 Å². The number of ether oxygens (including phenoxy) is 1. The SMILES string of the molecule is CCC(=O)CCCNC(=O)C1CCC2CCCCC(CCCC(=O)C(Cc3ccc(C)cc3)NC(=O)OCC3=CC=CCC3)C(=O)N21. The van der Waals surface area contributed by atoms with E-state index in [2.05, 4.69) is 16.7 Å². The molecule has 1 aromatic carbocycles. The van der Waals surface area contributed by atoms with Gasteiger partial charge < -0.3 is 20.3 Å². The van der Waals surface area contributed by atoms with Crippen LogP contribution in [-0.2, 0) is 30.3 Å². The van der Waals surface area contributed by atoms with Crippen LogP contribution in [0, 0.1) is 12.8 Å². The van der Waals surface area contributed by atoms with Gasteiger partial charge in [-0.1, -0.05) is 67.8 Å². The second kappa shape index (κ2) is 18.6. The number of allylic oxidation sites excluding steroid dienone is 3. The monoisotopic (exact) mass is 647 g/mol. The molecule has 0 aromatic heterocycles. The molecule has 0 radical (unpaired) electrons. The second-order valence-electron chi connectivity index (χ2n) is 13.4. The van der Waals surface area contributed by atoms with Crippen molar-refractivity contribution in [2.75, 3.05) is 13.2 Å². The number of amides is 3. The Morgan fingerprint density at radius 1 is 1.00 bits per heavy atom. The highest BCUT2D eigenvalue weighted by molar-refractivity contribution is 5.90. The largest absolute Gasteiger partial charge is 0.445 e. The zero-order valence-corrected chi connectivity index (χ0v) is 28.3. The average Bonchev–Trinajstić information content (AvgIpc) is 3.50. The molecule has 1 aromatic rings. The molecule has 4 atom stereocenters. The summed E-state index contributed by atoms with van der Waals surface area (Å²) in [5.74, 6) is -0.257. The maximum atomic E-state index is 13.9. The van der Waals surface area contributed by atoms with Crippen LogP contribution in [0.4, 0.5) is 4.79 Å². The minimum absolute atomic E-state index is 0.0192. The fraction of sp³-hybridized carbons (Fsp3) is 0.605. The van der Waals surface area contributed by atoms with Crippen molar-refractivity contribution in [1.82, 2.24) is 15.5 Å². The smallest absolute Gasteiger partial charge is 0.408 e. The van der Waals surface area contributed by atoms with Crippen LogP contribution in [-0.4, -0.2) is 65.7 Å². The maximum Gasteiger partial charge on any atom is 0.408 e. The first-order valence-corrected chi connectivity index (χ1v) is 17.7. The number of hydrogen-bond acceptors (Lipinski definition) is 6. The van der Waals surface area contributed by atoms with Gasteiger partial charge in [-0.05, 0) is 82.3 Å². The number of benzene rings is 1. The Balaban J connectivity index is 1.33. The van der Waals surface area contributed by atoms with Crippen LogP contribution in [0.2, 0.25) is 0 Å². The van der Waals surface area contributed by atoms with E-state index in [-0.39, 0.29) is 48.4 Å². The van der Waals surface area contributed by atoms with Crippen molar-refractivity contribution >= 4 is 29.5 Å². The third-order valence-corrected chi connectivity index (χ3v) is 9.78. The topological polar surface area (TPSA) is 122 Å². The van der Waals surface area contributed by atoms with Crippen molar-refractivity contribution in [3.63, 3.8) is 0 Å². The number of ketones is 2. The van der Waals surface area contributed by atoms with E-state index < -0.39 is 18.2 Å². The molecule has 2 N–H and O–H groups in total. The molecule has 3 amide bonds. The van der Waals surface area contributed by atoms with E-state index in [1.165, 1.54) is 0 Å². The quantitative estimate of drug-likeness (QED) is 0.210. The summed E-state index contributed by atoms with van der Waals surface area (Å²) in [6, 6.07) is 6.78. The number of hydrogen-bond donors (Lipinski definition) is 2. The summed E-state index contributed by atoms with van der Waals surface area (Å²) in [5, 5.41) is 5.78. The van der Waals surface area contributed by atoms with Gasteiger partial charge in [0.05, 0.1) is 6.04 Å². The highest BCUT2D eigenvalue weighted by Crippen LogP contribution is 2.34. The fourth-order valence-electron chi connectivity index (χ4n) is 6.94. The summed E-state index contributed by atoms with van der Waals surface area (Å²) in [5.41, 5.74) is 3.10. The lowest BCUT2D eigenvalue weighted by atomic mass is 9.89. The van der Waals surface area contributed by atoms with Gasteiger partial charge in [0.2, 0.25) is 11.8 Å². The number of carbonyl (C=O) groups excluding carboxylic acids is 5. The molecule has 2 heterocycles. The Morgan fingerprint density at radius 3 is 2.53 bits per heavy atom. The molecule has 9 heteroatoms. The number of nitrogens with one attached hydrogen (secondary N) is 2. The van der Waals surface area contributed by atoms with Crippen LogP contribution in [0.15, 0.2) is 48.1 Å². The average molecular weight is 648 g/mol. The lowest BCUT2D eigenvalue weighted by molar-refractivity contribution is -0.145. The van der Waals surface area contributed by atoms with Crippen molar-refractivity contribution in [3.05, 3.63) is 59.2 Å². The van der Waals surface area contributed by atoms with E-state index in [1.54, 1.807) is 0 Å². The summed E-state index contributed by atoms with van der Waals surface area (Å²) in [4.78, 5) is 66.8. The second-order valence-corrected chi connectivity index (χ2v) is 13.4. The van der Waals surface area contributed by atoms with Crippen molar-refractivity contribution < 1.29 is 28.7 Å². The van der Waals surface area contributed by atoms with Crippen LogP contribution >= 0.6 is 0 Å². The van der Waals surface area contributed by atoms with Gasteiger partial charge in [-0.25, -0.2) is 4.79 Å². The molecule has 4 rings (SSSR count). The van der Waals surface area contributed by atoms with Gasteiger partial charge in [0.1, 0.15) is 18.4 Å². The molecule has 3 aliphatic rings. The summed E-state index contributed by atoms with van der Waals surface area (Å²) in [6.07, 6.45) is 15.5. The predicted octanol–water partition coefficient (Wildman–Crippen LogP) is 6.07. The third kappa shape index (κ3) is 11.2. The lowest BCUT2D eigenvalue weighted by Crippen LogP contribution is -2.51. The van der Waals surface area contributed by atoms with Gasteiger partial charge in [-0.2, -0.15) is 0 Å². The van der Waals surface area contributed by atoms with E-state index in [1.807, 2.05) is 55.2 Å². The third-order valence-electron chi connectivity index (χ3n) is 9.78. The number of Topliss-reactive ketones (excluding diaryl/α,β-unsaturated/α-hetero) is 2. The molecule has 2 fully saturated rings. The molecule has 0 saturated carbocycles. The molecular weight excluding hydrogens is 594 g/mol. The highest BCUT2D eigenvalue weighted by atomic mass is 16.5. The Hall–Kier alpha value is -3.75. The number of carbonyl (C=O) groups is 5. The van der Waals surface area contributed by atoms with E-state index in [0.29, 0.717) is 51.5 Å². The zero-order valence-electron chi connectivity index (χ0n) is 28.3. The number of aryl methyl sites for hydroxylation is 1. The fourth-order valence-corrected chi connectivity index (χ4v) is 6.94. The zero-order chi connectivity index (χ0) is 33.6. The van der Waals surface area contributed by atoms with Crippen LogP contribution in [0.1, 0.15) is 108 Å². The molecule has 47 heavy (non-hydrogen) atoms. The number of nitrogens with zero attached hydrogens (tertiary/aromatic N) is 1. The Morgan fingerprint density at radius 2 is 1.79 bits per heavy atom. The van der Waals surface area contributed by atoms with Gasteiger partial charge in [0.15, 0.2) is 5.78 Å². The van der Waals surface area contributed by atoms with Crippen LogP contribution in [0.25, 0.3) is 0 Å². The van der Waals surface area contributed by atoms with Gasteiger partial charge in [0.25, 0.3) is 0 Å². The summed E-state index contributed by atoms with van der Waals surface area (Å²) in [7, 11) is 0. The first-order chi connectivity index (χ1) is 22.7. The highest BCUT2D eigenvalue weighted by Gasteiger charge is 2.43. The normalized spacial score (nSPS) is 21.6. The van der Waals surface area contributed by atoms with Crippen molar-refractivity contribution in [1.29, 1.82) is 0 Å². The minimum Gasteiger partial charge on any atom is -0.445 e. The van der Waals surface area contributed by atoms with Crippen LogP contribution < -0.4 is 10.6 Å². The van der Waals surface area contributed by atoms with E-state index in [4.69, 9.17) is 4.74 Å². The maximum absolute atomic E-state index is 13.9.